The van der Waals surface area contributed by atoms with Gasteiger partial charge in [0.2, 0.25) is 5.91 Å². The molecule has 1 amide bonds. The number of aryl methyl sites for hydroxylation is 2. The zero-order chi connectivity index (χ0) is 21.6. The standard InChI is InChI=1S/C21H17F2N5O2/c1-11-3-4-12(20(24)30)7-16(11)26-17-9-19(29)27(2)21-14(17)10-25-28(21)18-8-13(22)5-6-15(18)23/h3-10,26H,1-2H3,(H2,24,30). The molecule has 0 unspecified atom stereocenters. The molecule has 0 atom stereocenters. The molecule has 0 aliphatic rings. The van der Waals surface area contributed by atoms with E-state index in [0.717, 1.165) is 23.8 Å². The van der Waals surface area contributed by atoms with Gasteiger partial charge < -0.3 is 11.1 Å². The van der Waals surface area contributed by atoms with Gasteiger partial charge in [-0.15, -0.1) is 0 Å². The lowest BCUT2D eigenvalue weighted by atomic mass is 10.1. The molecule has 0 spiro atoms. The summed E-state index contributed by atoms with van der Waals surface area (Å²) < 4.78 is 30.5. The molecule has 0 radical (unpaired) electrons. The summed E-state index contributed by atoms with van der Waals surface area (Å²) in [7, 11) is 1.52. The van der Waals surface area contributed by atoms with E-state index in [1.807, 2.05) is 6.92 Å². The summed E-state index contributed by atoms with van der Waals surface area (Å²) in [5, 5.41) is 7.81. The van der Waals surface area contributed by atoms with Gasteiger partial charge in [0.25, 0.3) is 5.56 Å². The third-order valence-corrected chi connectivity index (χ3v) is 4.88. The van der Waals surface area contributed by atoms with Crippen molar-refractivity contribution < 1.29 is 13.6 Å². The van der Waals surface area contributed by atoms with E-state index in [4.69, 9.17) is 5.73 Å². The van der Waals surface area contributed by atoms with E-state index in [9.17, 15) is 18.4 Å². The highest BCUT2D eigenvalue weighted by molar-refractivity contribution is 5.96. The van der Waals surface area contributed by atoms with E-state index in [1.165, 1.54) is 28.6 Å². The monoisotopic (exact) mass is 409 g/mol. The Bertz CT molecular complexity index is 1370. The van der Waals surface area contributed by atoms with Gasteiger partial charge in [-0.1, -0.05) is 6.07 Å². The first kappa shape index (κ1) is 19.3. The second kappa shape index (κ2) is 7.11. The van der Waals surface area contributed by atoms with Gasteiger partial charge in [-0.2, -0.15) is 5.10 Å². The number of primary amides is 1. The summed E-state index contributed by atoms with van der Waals surface area (Å²) >= 11 is 0. The van der Waals surface area contributed by atoms with Crippen molar-refractivity contribution in [1.82, 2.24) is 14.3 Å². The first-order valence-electron chi connectivity index (χ1n) is 8.97. The number of hydrogen-bond acceptors (Lipinski definition) is 4. The maximum atomic E-state index is 14.3. The first-order valence-corrected chi connectivity index (χ1v) is 8.97. The average Bonchev–Trinajstić information content (AvgIpc) is 3.14. The number of rotatable bonds is 4. The van der Waals surface area contributed by atoms with Crippen LogP contribution >= 0.6 is 0 Å². The van der Waals surface area contributed by atoms with Crippen LogP contribution in [0.4, 0.5) is 20.2 Å². The summed E-state index contributed by atoms with van der Waals surface area (Å²) in [6.45, 7) is 1.83. The second-order valence-corrected chi connectivity index (χ2v) is 6.86. The number of nitrogens with one attached hydrogen (secondary N) is 1. The largest absolute Gasteiger partial charge is 0.366 e. The summed E-state index contributed by atoms with van der Waals surface area (Å²) in [4.78, 5) is 24.1. The second-order valence-electron chi connectivity index (χ2n) is 6.86. The van der Waals surface area contributed by atoms with E-state index in [-0.39, 0.29) is 16.9 Å². The minimum absolute atomic E-state index is 0.121. The van der Waals surface area contributed by atoms with Crippen LogP contribution in [-0.4, -0.2) is 20.3 Å². The fourth-order valence-corrected chi connectivity index (χ4v) is 3.24. The molecule has 2 aromatic heterocycles. The van der Waals surface area contributed by atoms with Crippen LogP contribution in [0.15, 0.2) is 53.5 Å². The molecule has 4 rings (SSSR count). The first-order chi connectivity index (χ1) is 14.3. The van der Waals surface area contributed by atoms with Crippen LogP contribution < -0.4 is 16.6 Å². The Morgan fingerprint density at radius 1 is 1.10 bits per heavy atom. The van der Waals surface area contributed by atoms with Gasteiger partial charge in [-0.05, 0) is 36.8 Å². The fraction of sp³-hybridized carbons (Fsp3) is 0.0952. The molecular weight excluding hydrogens is 392 g/mol. The smallest absolute Gasteiger partial charge is 0.254 e. The number of carbonyl (C=O) groups excluding carboxylic acids is 1. The third kappa shape index (κ3) is 3.20. The van der Waals surface area contributed by atoms with Crippen molar-refractivity contribution in [2.24, 2.45) is 12.8 Å². The number of carbonyl (C=O) groups is 1. The van der Waals surface area contributed by atoms with Gasteiger partial charge in [0.1, 0.15) is 23.0 Å². The van der Waals surface area contributed by atoms with E-state index in [0.29, 0.717) is 22.3 Å². The van der Waals surface area contributed by atoms with Crippen molar-refractivity contribution in [1.29, 1.82) is 0 Å². The Labute approximate surface area is 169 Å². The van der Waals surface area contributed by atoms with Gasteiger partial charge in [-0.25, -0.2) is 13.5 Å². The molecule has 152 valence electrons. The lowest BCUT2D eigenvalue weighted by Gasteiger charge is -2.14. The molecule has 3 N–H and O–H groups in total. The number of nitrogens with two attached hydrogens (primary N) is 1. The molecule has 0 bridgehead atoms. The Morgan fingerprint density at radius 3 is 2.60 bits per heavy atom. The number of anilines is 2. The number of amides is 1. The Hall–Kier alpha value is -4.01. The maximum absolute atomic E-state index is 14.3. The average molecular weight is 409 g/mol. The quantitative estimate of drug-likeness (QED) is 0.541. The molecule has 9 heteroatoms. The number of hydrogen-bond donors (Lipinski definition) is 2. The normalized spacial score (nSPS) is 11.1. The van der Waals surface area contributed by atoms with E-state index >= 15 is 0 Å². The van der Waals surface area contributed by atoms with Crippen molar-refractivity contribution in [3.05, 3.63) is 81.8 Å². The maximum Gasteiger partial charge on any atom is 0.254 e. The molecule has 0 aliphatic carbocycles. The molecular formula is C21H17F2N5O2. The third-order valence-electron chi connectivity index (χ3n) is 4.88. The van der Waals surface area contributed by atoms with E-state index < -0.39 is 17.5 Å². The minimum atomic E-state index is -0.683. The number of benzene rings is 2. The number of nitrogens with zero attached hydrogens (tertiary/aromatic N) is 3. The predicted octanol–water partition coefficient (Wildman–Crippen LogP) is 3.15. The molecule has 4 aromatic rings. The number of pyridine rings is 1. The molecule has 2 aromatic carbocycles. The Balaban J connectivity index is 1.92. The van der Waals surface area contributed by atoms with Crippen LogP contribution in [0.3, 0.4) is 0 Å². The van der Waals surface area contributed by atoms with Crippen molar-refractivity contribution in [3.63, 3.8) is 0 Å². The van der Waals surface area contributed by atoms with Crippen molar-refractivity contribution >= 4 is 28.3 Å². The van der Waals surface area contributed by atoms with Crippen LogP contribution in [0.1, 0.15) is 15.9 Å². The van der Waals surface area contributed by atoms with Gasteiger partial charge in [-0.3, -0.25) is 14.2 Å². The fourth-order valence-electron chi connectivity index (χ4n) is 3.24. The van der Waals surface area contributed by atoms with Crippen LogP contribution in [-0.2, 0) is 7.05 Å². The number of halogens is 2. The van der Waals surface area contributed by atoms with Gasteiger partial charge in [0.05, 0.1) is 17.3 Å². The molecule has 30 heavy (non-hydrogen) atoms. The van der Waals surface area contributed by atoms with Crippen LogP contribution in [0.5, 0.6) is 0 Å². The van der Waals surface area contributed by atoms with Crippen LogP contribution in [0, 0.1) is 18.6 Å². The van der Waals surface area contributed by atoms with E-state index in [2.05, 4.69) is 10.4 Å². The number of fused-ring (bicyclic) bond motifs is 1. The summed E-state index contributed by atoms with van der Waals surface area (Å²) in [5.74, 6) is -1.90. The lowest BCUT2D eigenvalue weighted by molar-refractivity contribution is 0.100. The molecule has 0 aliphatic heterocycles. The number of aromatic nitrogens is 3. The molecule has 0 saturated carbocycles. The minimum Gasteiger partial charge on any atom is -0.366 e. The van der Waals surface area contributed by atoms with Crippen LogP contribution in [0.25, 0.3) is 16.7 Å². The molecule has 2 heterocycles. The van der Waals surface area contributed by atoms with Gasteiger partial charge >= 0.3 is 0 Å². The van der Waals surface area contributed by atoms with Crippen molar-refractivity contribution in [3.8, 4) is 5.69 Å². The van der Waals surface area contributed by atoms with E-state index in [1.54, 1.807) is 18.2 Å². The van der Waals surface area contributed by atoms with Gasteiger partial charge in [0, 0.05) is 30.4 Å². The van der Waals surface area contributed by atoms with Crippen LogP contribution in [0.2, 0.25) is 0 Å². The summed E-state index contributed by atoms with van der Waals surface area (Å²) in [6.07, 6.45) is 1.45. The van der Waals surface area contributed by atoms with Gasteiger partial charge in [0.15, 0.2) is 0 Å². The highest BCUT2D eigenvalue weighted by Gasteiger charge is 2.17. The Morgan fingerprint density at radius 2 is 1.87 bits per heavy atom. The summed E-state index contributed by atoms with van der Waals surface area (Å²) in [5.41, 5.74) is 7.23. The molecule has 7 nitrogen and oxygen atoms in total. The summed E-state index contributed by atoms with van der Waals surface area (Å²) in [6, 6.07) is 9.29. The molecule has 0 saturated heterocycles. The highest BCUT2D eigenvalue weighted by atomic mass is 19.1. The highest BCUT2D eigenvalue weighted by Crippen LogP contribution is 2.29. The Kier molecular flexibility index (Phi) is 4.57. The topological polar surface area (TPSA) is 94.9 Å². The zero-order valence-electron chi connectivity index (χ0n) is 16.1. The van der Waals surface area contributed by atoms with Crippen molar-refractivity contribution in [2.75, 3.05) is 5.32 Å². The SMILES string of the molecule is Cc1ccc(C(N)=O)cc1Nc1cc(=O)n(C)c2c1cnn2-c1cc(F)ccc1F. The zero-order valence-corrected chi connectivity index (χ0v) is 16.1. The van der Waals surface area contributed by atoms with Crippen molar-refractivity contribution in [2.45, 2.75) is 6.92 Å². The predicted molar refractivity (Wildman–Crippen MR) is 109 cm³/mol. The molecule has 0 fully saturated rings. The lowest BCUT2D eigenvalue weighted by Crippen LogP contribution is -2.19.